The number of nitrogens with two attached hydrogens (primary N) is 1. The third kappa shape index (κ3) is 2.18. The highest BCUT2D eigenvalue weighted by molar-refractivity contribution is 6.09. The minimum Gasteiger partial charge on any atom is -0.480 e. The summed E-state index contributed by atoms with van der Waals surface area (Å²) in [6, 6.07) is -1.11. The normalized spacial score (nSPS) is 29.1. The topological polar surface area (TPSA) is 113 Å². The lowest BCUT2D eigenvalue weighted by Gasteiger charge is -2.40. The Bertz CT molecular complexity index is 498. The van der Waals surface area contributed by atoms with E-state index in [2.05, 4.69) is 5.32 Å². The van der Waals surface area contributed by atoms with Crippen LogP contribution < -0.4 is 11.1 Å². The highest BCUT2D eigenvalue weighted by atomic mass is 16.4. The van der Waals surface area contributed by atoms with E-state index in [4.69, 9.17) is 5.73 Å². The van der Waals surface area contributed by atoms with Gasteiger partial charge in [-0.1, -0.05) is 13.8 Å². The van der Waals surface area contributed by atoms with Gasteiger partial charge in [0.25, 0.3) is 5.91 Å². The summed E-state index contributed by atoms with van der Waals surface area (Å²) < 4.78 is 0. The first-order valence-electron chi connectivity index (χ1n) is 6.54. The first kappa shape index (κ1) is 14.5. The van der Waals surface area contributed by atoms with Crippen LogP contribution in [0.4, 0.5) is 0 Å². The number of aliphatic carboxylic acids is 1. The number of carboxylic acids is 1. The zero-order valence-electron chi connectivity index (χ0n) is 11.5. The van der Waals surface area contributed by atoms with Crippen LogP contribution in [0.5, 0.6) is 0 Å². The summed E-state index contributed by atoms with van der Waals surface area (Å²) in [5, 5.41) is 11.8. The van der Waals surface area contributed by atoms with Crippen LogP contribution >= 0.6 is 0 Å². The Morgan fingerprint density at radius 2 is 2.20 bits per heavy atom. The Morgan fingerprint density at radius 3 is 2.75 bits per heavy atom. The average molecular weight is 281 g/mol. The number of fused-ring (bicyclic) bond motifs is 1. The molecule has 0 saturated carbocycles. The first-order valence-corrected chi connectivity index (χ1v) is 6.54. The molecule has 2 fully saturated rings. The van der Waals surface area contributed by atoms with E-state index < -0.39 is 17.4 Å². The Balaban J connectivity index is 2.16. The van der Waals surface area contributed by atoms with Gasteiger partial charge in [0, 0.05) is 24.7 Å². The molecular weight excluding hydrogens is 262 g/mol. The molecule has 1 unspecified atom stereocenters. The molecule has 0 aromatic rings. The van der Waals surface area contributed by atoms with E-state index in [0.29, 0.717) is 25.1 Å². The summed E-state index contributed by atoms with van der Waals surface area (Å²) in [6.45, 7) is 4.31. The zero-order valence-corrected chi connectivity index (χ0v) is 11.5. The molecule has 2 saturated heterocycles. The molecule has 0 radical (unpaired) electrons. The number of carboxylic acid groups (broad SMARTS) is 1. The maximum Gasteiger partial charge on any atom is 0.327 e. The summed E-state index contributed by atoms with van der Waals surface area (Å²) >= 11 is 0. The Morgan fingerprint density at radius 1 is 1.55 bits per heavy atom. The number of nitrogens with one attached hydrogen (secondary N) is 1. The molecule has 20 heavy (non-hydrogen) atoms. The van der Waals surface area contributed by atoms with Crippen molar-refractivity contribution in [1.82, 2.24) is 10.2 Å². The lowest BCUT2D eigenvalue weighted by molar-refractivity contribution is -0.154. The molecule has 2 rings (SSSR count). The van der Waals surface area contributed by atoms with Crippen LogP contribution in [-0.4, -0.2) is 53.0 Å². The second-order valence-electron chi connectivity index (χ2n) is 5.84. The molecular formula is C13H19N3O4. The van der Waals surface area contributed by atoms with Crippen LogP contribution in [0, 0.1) is 5.41 Å². The van der Waals surface area contributed by atoms with Crippen molar-refractivity contribution in [3.05, 3.63) is 11.6 Å². The van der Waals surface area contributed by atoms with Gasteiger partial charge < -0.3 is 21.1 Å². The number of rotatable bonds is 4. The van der Waals surface area contributed by atoms with Crippen molar-refractivity contribution < 1.29 is 19.5 Å². The molecule has 2 aliphatic rings. The molecule has 2 amide bonds. The van der Waals surface area contributed by atoms with Gasteiger partial charge in [-0.3, -0.25) is 9.59 Å². The van der Waals surface area contributed by atoms with Gasteiger partial charge in [0.1, 0.15) is 6.04 Å². The van der Waals surface area contributed by atoms with Gasteiger partial charge in [-0.25, -0.2) is 4.79 Å². The molecule has 0 aliphatic carbocycles. The van der Waals surface area contributed by atoms with E-state index in [1.54, 1.807) is 0 Å². The fourth-order valence-electron chi connectivity index (χ4n) is 3.01. The molecule has 2 aliphatic heterocycles. The van der Waals surface area contributed by atoms with E-state index in [1.807, 2.05) is 13.8 Å². The van der Waals surface area contributed by atoms with Crippen molar-refractivity contribution in [3.8, 4) is 0 Å². The van der Waals surface area contributed by atoms with Gasteiger partial charge in [0.2, 0.25) is 5.91 Å². The monoisotopic (exact) mass is 281 g/mol. The van der Waals surface area contributed by atoms with E-state index in [0.717, 1.165) is 0 Å². The molecule has 110 valence electrons. The number of carbonyl (C=O) groups excluding carboxylic acids is 2. The van der Waals surface area contributed by atoms with Gasteiger partial charge in [-0.2, -0.15) is 0 Å². The fourth-order valence-corrected chi connectivity index (χ4v) is 3.01. The molecule has 2 heterocycles. The van der Waals surface area contributed by atoms with Crippen LogP contribution in [0.15, 0.2) is 11.6 Å². The van der Waals surface area contributed by atoms with Gasteiger partial charge in [0.05, 0.1) is 6.04 Å². The summed E-state index contributed by atoms with van der Waals surface area (Å²) in [4.78, 5) is 36.3. The average Bonchev–Trinajstić information content (AvgIpc) is 2.62. The predicted molar refractivity (Wildman–Crippen MR) is 70.6 cm³/mol. The summed E-state index contributed by atoms with van der Waals surface area (Å²) in [5.74, 6) is -1.73. The zero-order chi connectivity index (χ0) is 15.1. The van der Waals surface area contributed by atoms with Crippen molar-refractivity contribution in [2.24, 2.45) is 11.1 Å². The number of hydrogen-bond donors (Lipinski definition) is 3. The van der Waals surface area contributed by atoms with Gasteiger partial charge in [0.15, 0.2) is 0 Å². The van der Waals surface area contributed by atoms with E-state index in [-0.39, 0.29) is 17.9 Å². The SMILES string of the molecule is CC1(C)CC2/C(=C\C(=O)NCCN)C(=O)N2[C@H]1C(=O)O. The molecule has 2 atom stereocenters. The van der Waals surface area contributed by atoms with E-state index >= 15 is 0 Å². The van der Waals surface area contributed by atoms with Crippen molar-refractivity contribution in [1.29, 1.82) is 0 Å². The minimum absolute atomic E-state index is 0.276. The fraction of sp³-hybridized carbons (Fsp3) is 0.615. The van der Waals surface area contributed by atoms with Crippen LogP contribution in [0.1, 0.15) is 20.3 Å². The maximum absolute atomic E-state index is 12.0. The largest absolute Gasteiger partial charge is 0.480 e. The molecule has 7 nitrogen and oxygen atoms in total. The van der Waals surface area contributed by atoms with Crippen LogP contribution in [0.25, 0.3) is 0 Å². The third-order valence-electron chi connectivity index (χ3n) is 3.88. The molecule has 4 N–H and O–H groups in total. The molecule has 0 spiro atoms. The summed E-state index contributed by atoms with van der Waals surface area (Å²) in [5.41, 5.74) is 5.16. The second kappa shape index (κ2) is 4.90. The number of nitrogens with zero attached hydrogens (tertiary/aromatic N) is 1. The summed E-state index contributed by atoms with van der Waals surface area (Å²) in [7, 11) is 0. The van der Waals surface area contributed by atoms with Crippen molar-refractivity contribution >= 4 is 17.8 Å². The Kier molecular flexibility index (Phi) is 3.56. The van der Waals surface area contributed by atoms with E-state index in [1.165, 1.54) is 11.0 Å². The molecule has 0 bridgehead atoms. The van der Waals surface area contributed by atoms with Crippen molar-refractivity contribution in [3.63, 3.8) is 0 Å². The van der Waals surface area contributed by atoms with E-state index in [9.17, 15) is 19.5 Å². The molecule has 0 aromatic carbocycles. The molecule has 7 heteroatoms. The van der Waals surface area contributed by atoms with Crippen LogP contribution in [-0.2, 0) is 14.4 Å². The van der Waals surface area contributed by atoms with Crippen LogP contribution in [0.2, 0.25) is 0 Å². The number of amides is 2. The number of hydrogen-bond acceptors (Lipinski definition) is 4. The lowest BCUT2D eigenvalue weighted by atomic mass is 9.83. The third-order valence-corrected chi connectivity index (χ3v) is 3.88. The van der Waals surface area contributed by atoms with Crippen molar-refractivity contribution in [2.75, 3.05) is 13.1 Å². The Hall–Kier alpha value is -1.89. The maximum atomic E-state index is 12.0. The number of β-lactam (4-membered cyclic amide) rings is 1. The second-order valence-corrected chi connectivity index (χ2v) is 5.84. The minimum atomic E-state index is -1.00. The quantitative estimate of drug-likeness (QED) is 0.456. The van der Waals surface area contributed by atoms with Crippen LogP contribution in [0.3, 0.4) is 0 Å². The predicted octanol–water partition coefficient (Wildman–Crippen LogP) is -0.918. The lowest BCUT2D eigenvalue weighted by Crippen LogP contribution is -2.58. The highest BCUT2D eigenvalue weighted by Gasteiger charge is 2.60. The van der Waals surface area contributed by atoms with Gasteiger partial charge in [-0.15, -0.1) is 0 Å². The van der Waals surface area contributed by atoms with Crippen molar-refractivity contribution in [2.45, 2.75) is 32.4 Å². The number of carbonyl (C=O) groups is 3. The Labute approximate surface area is 116 Å². The van der Waals surface area contributed by atoms with Gasteiger partial charge >= 0.3 is 5.97 Å². The highest BCUT2D eigenvalue weighted by Crippen LogP contribution is 2.48. The van der Waals surface area contributed by atoms with Gasteiger partial charge in [-0.05, 0) is 11.8 Å². The smallest absolute Gasteiger partial charge is 0.327 e. The summed E-state index contributed by atoms with van der Waals surface area (Å²) in [6.07, 6.45) is 1.81. The standard InChI is InChI=1S/C13H19N3O4/c1-13(2)6-8-7(5-9(17)15-4-3-14)11(18)16(8)10(13)12(19)20/h5,8,10H,3-4,6,14H2,1-2H3,(H,15,17)(H,19,20)/b7-5+/t8?,10-/m0/s1. The molecule has 0 aromatic heterocycles. The first-order chi connectivity index (χ1) is 9.29.